The Bertz CT molecular complexity index is 1300. The number of fused-ring (bicyclic) bond motifs is 1. The van der Waals surface area contributed by atoms with E-state index in [1.165, 1.54) is 0 Å². The summed E-state index contributed by atoms with van der Waals surface area (Å²) in [5.41, 5.74) is 5.35. The standard InChI is InChI=1S/C23H23N5O3/c1-13-10-11-19(31-5)17(12-13)24-23(29)21-15(3)28-22(26-25-21)20(14(2)27-28)16-8-6-7-9-18(16)30-4/h6-12H,1-5H3,(H,24,29). The molecule has 8 heteroatoms. The van der Waals surface area contributed by atoms with Crippen molar-refractivity contribution in [1.29, 1.82) is 0 Å². The highest BCUT2D eigenvalue weighted by molar-refractivity contribution is 6.04. The van der Waals surface area contributed by atoms with Crippen LogP contribution in [0.4, 0.5) is 5.69 Å². The molecule has 0 aliphatic heterocycles. The number of nitrogens with zero attached hydrogens (tertiary/aromatic N) is 4. The van der Waals surface area contributed by atoms with Crippen molar-refractivity contribution in [2.45, 2.75) is 20.8 Å². The van der Waals surface area contributed by atoms with Crippen molar-refractivity contribution in [2.75, 3.05) is 19.5 Å². The lowest BCUT2D eigenvalue weighted by Crippen LogP contribution is -2.19. The molecular weight excluding hydrogens is 394 g/mol. The number of rotatable bonds is 5. The number of amides is 1. The highest BCUT2D eigenvalue weighted by Gasteiger charge is 2.22. The van der Waals surface area contributed by atoms with Crippen LogP contribution in [0.3, 0.4) is 0 Å². The molecule has 8 nitrogen and oxygen atoms in total. The SMILES string of the molecule is COc1ccc(C)cc1NC(=O)c1nnc2c(-c3ccccc3OC)c(C)nn2c1C. The summed E-state index contributed by atoms with van der Waals surface area (Å²) in [7, 11) is 3.18. The van der Waals surface area contributed by atoms with E-state index in [9.17, 15) is 4.79 Å². The Hall–Kier alpha value is -3.94. The molecule has 2 aromatic carbocycles. The van der Waals surface area contributed by atoms with Gasteiger partial charge in [-0.15, -0.1) is 10.2 Å². The van der Waals surface area contributed by atoms with Crippen LogP contribution in [-0.4, -0.2) is 39.9 Å². The first-order valence-electron chi connectivity index (χ1n) is 9.76. The van der Waals surface area contributed by atoms with Gasteiger partial charge in [0.2, 0.25) is 0 Å². The molecule has 0 aliphatic carbocycles. The molecule has 2 heterocycles. The molecule has 158 valence electrons. The van der Waals surface area contributed by atoms with E-state index in [4.69, 9.17) is 9.47 Å². The Morgan fingerprint density at radius 1 is 0.968 bits per heavy atom. The number of ether oxygens (including phenoxy) is 2. The Morgan fingerprint density at radius 2 is 1.71 bits per heavy atom. The summed E-state index contributed by atoms with van der Waals surface area (Å²) < 4.78 is 12.5. The van der Waals surface area contributed by atoms with Crippen molar-refractivity contribution >= 4 is 17.2 Å². The minimum Gasteiger partial charge on any atom is -0.496 e. The van der Waals surface area contributed by atoms with Crippen molar-refractivity contribution in [1.82, 2.24) is 19.8 Å². The van der Waals surface area contributed by atoms with Crippen molar-refractivity contribution in [2.24, 2.45) is 0 Å². The van der Waals surface area contributed by atoms with Gasteiger partial charge in [-0.25, -0.2) is 4.52 Å². The maximum absolute atomic E-state index is 13.0. The minimum absolute atomic E-state index is 0.185. The molecular formula is C23H23N5O3. The minimum atomic E-state index is -0.386. The molecule has 0 spiro atoms. The van der Waals surface area contributed by atoms with Crippen LogP contribution in [0.15, 0.2) is 42.5 Å². The smallest absolute Gasteiger partial charge is 0.278 e. The van der Waals surface area contributed by atoms with Crippen LogP contribution in [0.5, 0.6) is 11.5 Å². The Balaban J connectivity index is 1.78. The first-order chi connectivity index (χ1) is 14.9. The maximum atomic E-state index is 13.0. The van der Waals surface area contributed by atoms with Crippen LogP contribution >= 0.6 is 0 Å². The van der Waals surface area contributed by atoms with Crippen LogP contribution in [0.1, 0.15) is 27.4 Å². The van der Waals surface area contributed by atoms with E-state index in [-0.39, 0.29) is 11.6 Å². The number of anilines is 1. The lowest BCUT2D eigenvalue weighted by Gasteiger charge is -2.12. The summed E-state index contributed by atoms with van der Waals surface area (Å²) in [5, 5.41) is 16.1. The summed E-state index contributed by atoms with van der Waals surface area (Å²) in [6.45, 7) is 5.63. The van der Waals surface area contributed by atoms with E-state index in [0.29, 0.717) is 28.5 Å². The predicted octanol–water partition coefficient (Wildman–Crippen LogP) is 3.99. The number of hydrogen-bond donors (Lipinski definition) is 1. The van der Waals surface area contributed by atoms with Gasteiger partial charge in [0, 0.05) is 5.56 Å². The first kappa shape index (κ1) is 20.3. The van der Waals surface area contributed by atoms with Gasteiger partial charge in [-0.1, -0.05) is 24.3 Å². The third kappa shape index (κ3) is 3.56. The van der Waals surface area contributed by atoms with E-state index < -0.39 is 0 Å². The summed E-state index contributed by atoms with van der Waals surface area (Å²) in [5.74, 6) is 0.898. The molecule has 0 aliphatic rings. The number of methoxy groups -OCH3 is 2. The van der Waals surface area contributed by atoms with Gasteiger partial charge in [-0.3, -0.25) is 4.79 Å². The molecule has 4 aromatic rings. The zero-order valence-corrected chi connectivity index (χ0v) is 18.1. The number of para-hydroxylation sites is 1. The fourth-order valence-electron chi connectivity index (χ4n) is 3.59. The molecule has 0 saturated carbocycles. The van der Waals surface area contributed by atoms with E-state index in [1.807, 2.05) is 56.3 Å². The van der Waals surface area contributed by atoms with Gasteiger partial charge in [-0.2, -0.15) is 5.10 Å². The Morgan fingerprint density at radius 3 is 2.45 bits per heavy atom. The lowest BCUT2D eigenvalue weighted by molar-refractivity contribution is 0.101. The topological polar surface area (TPSA) is 90.6 Å². The molecule has 0 bridgehead atoms. The van der Waals surface area contributed by atoms with Crippen LogP contribution in [0.2, 0.25) is 0 Å². The quantitative estimate of drug-likeness (QED) is 0.528. The maximum Gasteiger partial charge on any atom is 0.278 e. The average molecular weight is 417 g/mol. The van der Waals surface area contributed by atoms with Crippen molar-refractivity contribution in [3.8, 4) is 22.6 Å². The number of carbonyl (C=O) groups excluding carboxylic acids is 1. The van der Waals surface area contributed by atoms with E-state index in [1.54, 1.807) is 25.7 Å². The van der Waals surface area contributed by atoms with Crippen molar-refractivity contribution in [3.63, 3.8) is 0 Å². The number of benzene rings is 2. The number of nitrogens with one attached hydrogen (secondary N) is 1. The van der Waals surface area contributed by atoms with Crippen molar-refractivity contribution in [3.05, 3.63) is 65.1 Å². The second-order valence-corrected chi connectivity index (χ2v) is 7.19. The molecule has 0 unspecified atom stereocenters. The number of aromatic nitrogens is 4. The van der Waals surface area contributed by atoms with Gasteiger partial charge < -0.3 is 14.8 Å². The zero-order valence-electron chi connectivity index (χ0n) is 18.1. The second kappa shape index (κ2) is 8.06. The Kier molecular flexibility index (Phi) is 5.29. The number of carbonyl (C=O) groups is 1. The van der Waals surface area contributed by atoms with Gasteiger partial charge in [-0.05, 0) is 44.5 Å². The fourth-order valence-corrected chi connectivity index (χ4v) is 3.59. The van der Waals surface area contributed by atoms with Crippen LogP contribution in [0.25, 0.3) is 16.8 Å². The van der Waals surface area contributed by atoms with Crippen LogP contribution < -0.4 is 14.8 Å². The third-order valence-electron chi connectivity index (χ3n) is 5.14. The monoisotopic (exact) mass is 417 g/mol. The molecule has 1 amide bonds. The molecule has 2 aromatic heterocycles. The number of hydrogen-bond acceptors (Lipinski definition) is 6. The van der Waals surface area contributed by atoms with Gasteiger partial charge in [0.05, 0.1) is 36.9 Å². The number of aryl methyl sites for hydroxylation is 3. The summed E-state index contributed by atoms with van der Waals surface area (Å²) in [6.07, 6.45) is 0. The van der Waals surface area contributed by atoms with Crippen LogP contribution in [0, 0.1) is 20.8 Å². The summed E-state index contributed by atoms with van der Waals surface area (Å²) in [4.78, 5) is 13.0. The van der Waals surface area contributed by atoms with E-state index in [0.717, 1.165) is 22.4 Å². The average Bonchev–Trinajstić information content (AvgIpc) is 3.10. The molecule has 4 rings (SSSR count). The van der Waals surface area contributed by atoms with Gasteiger partial charge in [0.15, 0.2) is 11.3 Å². The fraction of sp³-hybridized carbons (Fsp3) is 0.217. The van der Waals surface area contributed by atoms with Gasteiger partial charge in [0.25, 0.3) is 5.91 Å². The highest BCUT2D eigenvalue weighted by atomic mass is 16.5. The van der Waals surface area contributed by atoms with E-state index in [2.05, 4.69) is 20.6 Å². The van der Waals surface area contributed by atoms with Crippen molar-refractivity contribution < 1.29 is 14.3 Å². The molecule has 0 atom stereocenters. The molecule has 0 saturated heterocycles. The van der Waals surface area contributed by atoms with E-state index >= 15 is 0 Å². The lowest BCUT2D eigenvalue weighted by atomic mass is 10.1. The highest BCUT2D eigenvalue weighted by Crippen LogP contribution is 2.34. The van der Waals surface area contributed by atoms with Crippen LogP contribution in [-0.2, 0) is 0 Å². The van der Waals surface area contributed by atoms with Gasteiger partial charge in [0.1, 0.15) is 11.5 Å². The molecule has 0 fully saturated rings. The predicted molar refractivity (Wildman–Crippen MR) is 118 cm³/mol. The van der Waals surface area contributed by atoms with Gasteiger partial charge >= 0.3 is 0 Å². The zero-order chi connectivity index (χ0) is 22.1. The Labute approximate surface area is 179 Å². The molecule has 31 heavy (non-hydrogen) atoms. The second-order valence-electron chi connectivity index (χ2n) is 7.19. The molecule has 1 N–H and O–H groups in total. The largest absolute Gasteiger partial charge is 0.496 e. The summed E-state index contributed by atoms with van der Waals surface area (Å²) >= 11 is 0. The normalized spacial score (nSPS) is 10.9. The summed E-state index contributed by atoms with van der Waals surface area (Å²) in [6, 6.07) is 13.2. The third-order valence-corrected chi connectivity index (χ3v) is 5.14. The first-order valence-corrected chi connectivity index (χ1v) is 9.76. The molecule has 0 radical (unpaired) electrons.